The van der Waals surface area contributed by atoms with Crippen LogP contribution in [0.3, 0.4) is 0 Å². The number of aromatic nitrogens is 2. The van der Waals surface area contributed by atoms with Crippen molar-refractivity contribution in [1.29, 1.82) is 0 Å². The zero-order valence-electron chi connectivity index (χ0n) is 17.5. The fourth-order valence-corrected chi connectivity index (χ4v) is 3.75. The average molecular weight is 425 g/mol. The van der Waals surface area contributed by atoms with E-state index in [0.29, 0.717) is 43.0 Å². The molecule has 7 heteroatoms. The Morgan fingerprint density at radius 3 is 3.03 bits per heavy atom. The van der Waals surface area contributed by atoms with Crippen molar-refractivity contribution in [2.24, 2.45) is 0 Å². The van der Waals surface area contributed by atoms with Crippen LogP contribution < -0.4 is 20.3 Å². The normalized spacial score (nSPS) is 15.3. The molecule has 2 heterocycles. The number of terminal acetylenes is 1. The second-order valence-electron chi connectivity index (χ2n) is 7.80. The van der Waals surface area contributed by atoms with E-state index in [-0.39, 0.29) is 5.91 Å². The highest BCUT2D eigenvalue weighted by Gasteiger charge is 2.26. The second-order valence-corrected chi connectivity index (χ2v) is 7.80. The molecule has 3 aromatic rings. The topological polar surface area (TPSA) is 79.4 Å². The maximum atomic E-state index is 12.9. The van der Waals surface area contributed by atoms with E-state index >= 15 is 0 Å². The van der Waals surface area contributed by atoms with Crippen molar-refractivity contribution in [3.8, 4) is 18.1 Å². The van der Waals surface area contributed by atoms with Crippen molar-refractivity contribution >= 4 is 34.0 Å². The lowest BCUT2D eigenvalue weighted by Gasteiger charge is -2.29. The van der Waals surface area contributed by atoms with Gasteiger partial charge >= 0.3 is 0 Å². The number of hydrogen-bond acceptors (Lipinski definition) is 6. The van der Waals surface area contributed by atoms with Crippen molar-refractivity contribution in [3.63, 3.8) is 0 Å². The van der Waals surface area contributed by atoms with Crippen LogP contribution in [0.15, 0.2) is 54.9 Å². The molecular weight excluding hydrogens is 402 g/mol. The first kappa shape index (κ1) is 20.0. The van der Waals surface area contributed by atoms with E-state index in [1.807, 2.05) is 42.5 Å². The molecule has 0 radical (unpaired) electrons. The maximum Gasteiger partial charge on any atom is 0.250 e. The summed E-state index contributed by atoms with van der Waals surface area (Å²) in [7, 11) is 0. The fraction of sp³-hybridized carbons (Fsp3) is 0.240. The first-order valence-corrected chi connectivity index (χ1v) is 10.7. The quantitative estimate of drug-likeness (QED) is 0.466. The van der Waals surface area contributed by atoms with Crippen molar-refractivity contribution in [3.05, 3.63) is 60.4 Å². The van der Waals surface area contributed by atoms with Gasteiger partial charge in [0, 0.05) is 29.9 Å². The summed E-state index contributed by atoms with van der Waals surface area (Å²) in [6, 6.07) is 11.9. The summed E-state index contributed by atoms with van der Waals surface area (Å²) in [5.74, 6) is 3.76. The van der Waals surface area contributed by atoms with Gasteiger partial charge in [-0.05, 0) is 43.2 Å². The van der Waals surface area contributed by atoms with E-state index in [2.05, 4.69) is 26.5 Å². The molecule has 160 valence electrons. The standard InChI is InChI=1S/C25H23N5O2/c1-2-17-5-3-6-19(15-17)29-25-23-20(27-16-28-25)10-11-21-24(23)32-14-13-30(21)22(31)7-4-12-26-18-8-9-18/h1,3-7,10-11,15-16,18,26H,8-9,12-14H2,(H,27,28,29)/b7-4+. The number of ether oxygens (including phenoxy) is 1. The lowest BCUT2D eigenvalue weighted by molar-refractivity contribution is -0.114. The summed E-state index contributed by atoms with van der Waals surface area (Å²) >= 11 is 0. The number of hydrogen-bond donors (Lipinski definition) is 2. The van der Waals surface area contributed by atoms with E-state index in [9.17, 15) is 4.79 Å². The molecule has 32 heavy (non-hydrogen) atoms. The van der Waals surface area contributed by atoms with Crippen LogP contribution in [-0.4, -0.2) is 41.6 Å². The molecule has 5 rings (SSSR count). The Balaban J connectivity index is 1.47. The Morgan fingerprint density at radius 2 is 2.19 bits per heavy atom. The predicted molar refractivity (Wildman–Crippen MR) is 125 cm³/mol. The van der Waals surface area contributed by atoms with Gasteiger partial charge in [-0.3, -0.25) is 4.79 Å². The van der Waals surface area contributed by atoms with Crippen LogP contribution in [0.2, 0.25) is 0 Å². The largest absolute Gasteiger partial charge is 0.489 e. The molecule has 0 unspecified atom stereocenters. The minimum Gasteiger partial charge on any atom is -0.489 e. The molecule has 1 aliphatic carbocycles. The third kappa shape index (κ3) is 4.13. The molecule has 7 nitrogen and oxygen atoms in total. The second kappa shape index (κ2) is 8.69. The van der Waals surface area contributed by atoms with E-state index in [1.165, 1.54) is 19.2 Å². The van der Waals surface area contributed by atoms with Crippen molar-refractivity contribution in [2.45, 2.75) is 18.9 Å². The highest BCUT2D eigenvalue weighted by Crippen LogP contribution is 2.41. The number of anilines is 3. The highest BCUT2D eigenvalue weighted by atomic mass is 16.5. The van der Waals surface area contributed by atoms with Gasteiger partial charge in [0.1, 0.15) is 18.8 Å². The molecule has 0 saturated heterocycles. The summed E-state index contributed by atoms with van der Waals surface area (Å²) in [5.41, 5.74) is 3.02. The number of amides is 1. The molecule has 1 aromatic heterocycles. The Morgan fingerprint density at radius 1 is 1.28 bits per heavy atom. The summed E-state index contributed by atoms with van der Waals surface area (Å²) < 4.78 is 6.02. The van der Waals surface area contributed by atoms with E-state index in [1.54, 1.807) is 11.0 Å². The van der Waals surface area contributed by atoms with E-state index in [0.717, 1.165) is 22.2 Å². The molecule has 2 N–H and O–H groups in total. The highest BCUT2D eigenvalue weighted by molar-refractivity contribution is 6.07. The van der Waals surface area contributed by atoms with Gasteiger partial charge < -0.3 is 20.3 Å². The number of fused-ring (bicyclic) bond motifs is 3. The fourth-order valence-electron chi connectivity index (χ4n) is 3.75. The molecule has 2 aromatic carbocycles. The molecule has 1 amide bonds. The molecular formula is C25H23N5O2. The predicted octanol–water partition coefficient (Wildman–Crippen LogP) is 3.39. The van der Waals surface area contributed by atoms with Crippen LogP contribution >= 0.6 is 0 Å². The van der Waals surface area contributed by atoms with Gasteiger partial charge in [-0.25, -0.2) is 9.97 Å². The van der Waals surface area contributed by atoms with Gasteiger partial charge in [-0.1, -0.05) is 18.1 Å². The van der Waals surface area contributed by atoms with Crippen molar-refractivity contribution in [1.82, 2.24) is 15.3 Å². The van der Waals surface area contributed by atoms with Crippen LogP contribution in [0, 0.1) is 12.3 Å². The van der Waals surface area contributed by atoms with Gasteiger partial charge in [0.15, 0.2) is 5.75 Å². The van der Waals surface area contributed by atoms with Crippen LogP contribution in [0.1, 0.15) is 18.4 Å². The molecule has 0 atom stereocenters. The van der Waals surface area contributed by atoms with Crippen molar-refractivity contribution < 1.29 is 9.53 Å². The number of rotatable bonds is 6. The van der Waals surface area contributed by atoms with Gasteiger partial charge in [0.05, 0.1) is 23.1 Å². The van der Waals surface area contributed by atoms with Crippen LogP contribution in [0.4, 0.5) is 17.2 Å². The van der Waals surface area contributed by atoms with Crippen LogP contribution in [0.25, 0.3) is 10.9 Å². The van der Waals surface area contributed by atoms with Crippen LogP contribution in [0.5, 0.6) is 5.75 Å². The first-order chi connectivity index (χ1) is 15.7. The van der Waals surface area contributed by atoms with Gasteiger partial charge in [0.25, 0.3) is 5.91 Å². The van der Waals surface area contributed by atoms with Gasteiger partial charge in [-0.15, -0.1) is 6.42 Å². The Bertz CT molecular complexity index is 1240. The van der Waals surface area contributed by atoms with Gasteiger partial charge in [0.2, 0.25) is 0 Å². The van der Waals surface area contributed by atoms with E-state index < -0.39 is 0 Å². The summed E-state index contributed by atoms with van der Waals surface area (Å²) in [6.07, 6.45) is 13.0. The minimum absolute atomic E-state index is 0.0698. The van der Waals surface area contributed by atoms with Crippen molar-refractivity contribution in [2.75, 3.05) is 29.9 Å². The molecule has 0 bridgehead atoms. The zero-order valence-corrected chi connectivity index (χ0v) is 17.5. The zero-order chi connectivity index (χ0) is 21.9. The lowest BCUT2D eigenvalue weighted by Crippen LogP contribution is -2.37. The number of benzene rings is 2. The number of carbonyl (C=O) groups is 1. The Labute approximate surface area is 186 Å². The summed E-state index contributed by atoms with van der Waals surface area (Å²) in [4.78, 5) is 23.5. The molecule has 0 spiro atoms. The molecule has 1 fully saturated rings. The maximum absolute atomic E-state index is 12.9. The van der Waals surface area contributed by atoms with Crippen LogP contribution in [-0.2, 0) is 4.79 Å². The average Bonchev–Trinajstić information content (AvgIpc) is 3.66. The Hall–Kier alpha value is -3.89. The Kier molecular flexibility index (Phi) is 5.44. The van der Waals surface area contributed by atoms with Gasteiger partial charge in [-0.2, -0.15) is 0 Å². The first-order valence-electron chi connectivity index (χ1n) is 10.7. The molecule has 1 saturated carbocycles. The lowest BCUT2D eigenvalue weighted by atomic mass is 10.1. The third-order valence-corrected chi connectivity index (χ3v) is 5.51. The third-order valence-electron chi connectivity index (χ3n) is 5.51. The minimum atomic E-state index is -0.0698. The smallest absolute Gasteiger partial charge is 0.250 e. The summed E-state index contributed by atoms with van der Waals surface area (Å²) in [6.45, 7) is 1.58. The number of carbonyl (C=O) groups excluding carboxylic acids is 1. The monoisotopic (exact) mass is 425 g/mol. The number of nitrogens with zero attached hydrogens (tertiary/aromatic N) is 3. The molecule has 2 aliphatic rings. The number of nitrogens with one attached hydrogen (secondary N) is 2. The van der Waals surface area contributed by atoms with E-state index in [4.69, 9.17) is 11.2 Å². The SMILES string of the molecule is C#Cc1cccc(Nc2ncnc3ccc4c(c23)OCCN4C(=O)/C=C/CNC2CC2)c1. The summed E-state index contributed by atoms with van der Waals surface area (Å²) in [5, 5.41) is 7.43. The molecule has 1 aliphatic heterocycles.